The maximum Gasteiger partial charge on any atom is 0.416 e. The van der Waals surface area contributed by atoms with Gasteiger partial charge < -0.3 is 4.74 Å². The van der Waals surface area contributed by atoms with Crippen molar-refractivity contribution in [3.05, 3.63) is 29.3 Å². The number of methoxy groups -OCH3 is 1. The minimum absolute atomic E-state index is 0.0480. The SMILES string of the molecule is COc1[c]c(C)c(C(F)(F)F)cc1. The summed E-state index contributed by atoms with van der Waals surface area (Å²) in [4.78, 5) is 0. The first-order valence-electron chi connectivity index (χ1n) is 3.59. The van der Waals surface area contributed by atoms with Crippen LogP contribution in [0.4, 0.5) is 13.2 Å². The van der Waals surface area contributed by atoms with E-state index in [0.717, 1.165) is 6.07 Å². The third-order valence-electron chi connectivity index (χ3n) is 1.64. The van der Waals surface area contributed by atoms with Gasteiger partial charge >= 0.3 is 6.18 Å². The van der Waals surface area contributed by atoms with E-state index >= 15 is 0 Å². The van der Waals surface area contributed by atoms with E-state index in [-0.39, 0.29) is 5.56 Å². The number of hydrogen-bond acceptors (Lipinski definition) is 1. The van der Waals surface area contributed by atoms with Crippen molar-refractivity contribution in [1.29, 1.82) is 0 Å². The van der Waals surface area contributed by atoms with Crippen LogP contribution in [-0.4, -0.2) is 7.11 Å². The molecule has 0 N–H and O–H groups in total. The average molecular weight is 189 g/mol. The van der Waals surface area contributed by atoms with Gasteiger partial charge in [-0.1, -0.05) is 0 Å². The zero-order valence-electron chi connectivity index (χ0n) is 7.20. The largest absolute Gasteiger partial charge is 0.496 e. The van der Waals surface area contributed by atoms with Gasteiger partial charge in [-0.2, -0.15) is 13.2 Å². The molecule has 0 amide bonds. The lowest BCUT2D eigenvalue weighted by Gasteiger charge is -2.10. The van der Waals surface area contributed by atoms with E-state index in [9.17, 15) is 13.2 Å². The van der Waals surface area contributed by atoms with Gasteiger partial charge in [-0.25, -0.2) is 0 Å². The minimum atomic E-state index is -4.31. The fraction of sp³-hybridized carbons (Fsp3) is 0.333. The van der Waals surface area contributed by atoms with Crippen LogP contribution in [0.3, 0.4) is 0 Å². The molecule has 0 saturated carbocycles. The van der Waals surface area contributed by atoms with Crippen molar-refractivity contribution in [3.63, 3.8) is 0 Å². The number of rotatable bonds is 1. The molecule has 13 heavy (non-hydrogen) atoms. The number of alkyl halides is 3. The van der Waals surface area contributed by atoms with E-state index in [2.05, 4.69) is 6.07 Å². The highest BCUT2D eigenvalue weighted by Gasteiger charge is 2.32. The van der Waals surface area contributed by atoms with Gasteiger partial charge in [0.15, 0.2) is 0 Å². The van der Waals surface area contributed by atoms with Crippen molar-refractivity contribution >= 4 is 0 Å². The second-order valence-corrected chi connectivity index (χ2v) is 2.56. The van der Waals surface area contributed by atoms with E-state index in [1.807, 2.05) is 0 Å². The lowest BCUT2D eigenvalue weighted by molar-refractivity contribution is -0.138. The fourth-order valence-electron chi connectivity index (χ4n) is 1.00. The van der Waals surface area contributed by atoms with Gasteiger partial charge in [-0.15, -0.1) is 0 Å². The van der Waals surface area contributed by atoms with Crippen LogP contribution in [0.2, 0.25) is 0 Å². The third-order valence-corrected chi connectivity index (χ3v) is 1.64. The summed E-state index contributed by atoms with van der Waals surface area (Å²) >= 11 is 0. The first kappa shape index (κ1) is 9.89. The van der Waals surface area contributed by atoms with E-state index in [1.165, 1.54) is 20.1 Å². The molecule has 0 spiro atoms. The lowest BCUT2D eigenvalue weighted by Crippen LogP contribution is -2.07. The van der Waals surface area contributed by atoms with Crippen LogP contribution < -0.4 is 4.74 Å². The van der Waals surface area contributed by atoms with Crippen LogP contribution in [0, 0.1) is 13.0 Å². The Bertz CT molecular complexity index is 304. The molecule has 0 bridgehead atoms. The molecule has 0 aromatic heterocycles. The van der Waals surface area contributed by atoms with E-state index in [1.54, 1.807) is 0 Å². The summed E-state index contributed by atoms with van der Waals surface area (Å²) < 4.78 is 41.4. The Hall–Kier alpha value is -1.19. The molecule has 0 atom stereocenters. The van der Waals surface area contributed by atoms with Crippen LogP contribution >= 0.6 is 0 Å². The Morgan fingerprint density at radius 1 is 1.31 bits per heavy atom. The monoisotopic (exact) mass is 189 g/mol. The van der Waals surface area contributed by atoms with Crippen molar-refractivity contribution in [2.24, 2.45) is 0 Å². The average Bonchev–Trinajstić information content (AvgIpc) is 2.01. The van der Waals surface area contributed by atoms with Crippen LogP contribution in [0.5, 0.6) is 5.75 Å². The molecule has 0 unspecified atom stereocenters. The van der Waals surface area contributed by atoms with Gasteiger partial charge in [-0.05, 0) is 24.6 Å². The molecule has 0 saturated heterocycles. The predicted molar refractivity (Wildman–Crippen MR) is 41.6 cm³/mol. The minimum Gasteiger partial charge on any atom is -0.496 e. The first-order valence-corrected chi connectivity index (χ1v) is 3.59. The fourth-order valence-corrected chi connectivity index (χ4v) is 1.00. The normalized spacial score (nSPS) is 11.5. The molecule has 71 valence electrons. The van der Waals surface area contributed by atoms with E-state index < -0.39 is 11.7 Å². The van der Waals surface area contributed by atoms with E-state index in [4.69, 9.17) is 4.74 Å². The standard InChI is InChI=1S/C9H8F3O/c1-6-5-7(13-2)3-4-8(6)9(10,11)12/h3-4H,1-2H3. The van der Waals surface area contributed by atoms with Crippen molar-refractivity contribution in [1.82, 2.24) is 0 Å². The molecular formula is C9H8F3O. The molecule has 0 aliphatic heterocycles. The topological polar surface area (TPSA) is 9.23 Å². The van der Waals surface area contributed by atoms with Crippen molar-refractivity contribution in [2.45, 2.75) is 13.1 Å². The van der Waals surface area contributed by atoms with Crippen LogP contribution in [-0.2, 0) is 6.18 Å². The summed E-state index contributed by atoms with van der Waals surface area (Å²) in [5.41, 5.74) is -0.625. The van der Waals surface area contributed by atoms with Gasteiger partial charge in [0, 0.05) is 6.07 Å². The van der Waals surface area contributed by atoms with Gasteiger partial charge in [0.2, 0.25) is 0 Å². The molecule has 1 aromatic carbocycles. The second kappa shape index (κ2) is 3.28. The highest BCUT2D eigenvalue weighted by molar-refractivity contribution is 5.34. The molecule has 1 rings (SSSR count). The number of aryl methyl sites for hydroxylation is 1. The molecule has 0 heterocycles. The summed E-state index contributed by atoms with van der Waals surface area (Å²) in [6, 6.07) is 4.73. The van der Waals surface area contributed by atoms with Gasteiger partial charge in [0.1, 0.15) is 5.75 Å². The molecule has 4 heteroatoms. The van der Waals surface area contributed by atoms with Crippen molar-refractivity contribution < 1.29 is 17.9 Å². The Labute approximate surface area is 74.1 Å². The first-order chi connectivity index (χ1) is 5.95. The predicted octanol–water partition coefficient (Wildman–Crippen LogP) is 2.82. The molecule has 0 aliphatic rings. The maximum atomic E-state index is 12.2. The smallest absolute Gasteiger partial charge is 0.416 e. The van der Waals surface area contributed by atoms with Crippen LogP contribution in [0.15, 0.2) is 12.1 Å². The van der Waals surface area contributed by atoms with Crippen LogP contribution in [0.1, 0.15) is 11.1 Å². The Morgan fingerprint density at radius 3 is 2.31 bits per heavy atom. The molecule has 1 radical (unpaired) electrons. The highest BCUT2D eigenvalue weighted by Crippen LogP contribution is 2.32. The third kappa shape index (κ3) is 2.14. The van der Waals surface area contributed by atoms with Gasteiger partial charge in [0.05, 0.1) is 12.7 Å². The number of benzene rings is 1. The Morgan fingerprint density at radius 2 is 1.92 bits per heavy atom. The summed E-state index contributed by atoms with van der Waals surface area (Å²) in [5, 5.41) is 0. The number of halogens is 3. The molecule has 1 nitrogen and oxygen atoms in total. The Kier molecular flexibility index (Phi) is 2.50. The highest BCUT2D eigenvalue weighted by atomic mass is 19.4. The van der Waals surface area contributed by atoms with Crippen molar-refractivity contribution in [2.75, 3.05) is 7.11 Å². The zero-order chi connectivity index (χ0) is 10.1. The maximum absolute atomic E-state index is 12.2. The zero-order valence-corrected chi connectivity index (χ0v) is 7.20. The summed E-state index contributed by atoms with van der Waals surface area (Å²) in [6.45, 7) is 1.35. The van der Waals surface area contributed by atoms with Gasteiger partial charge in [-0.3, -0.25) is 0 Å². The second-order valence-electron chi connectivity index (χ2n) is 2.56. The van der Waals surface area contributed by atoms with Gasteiger partial charge in [0.25, 0.3) is 0 Å². The lowest BCUT2D eigenvalue weighted by atomic mass is 10.1. The van der Waals surface area contributed by atoms with Crippen LogP contribution in [0.25, 0.3) is 0 Å². The number of hydrogen-bond donors (Lipinski definition) is 0. The quantitative estimate of drug-likeness (QED) is 0.660. The molecule has 0 aliphatic carbocycles. The summed E-state index contributed by atoms with van der Waals surface area (Å²) in [5.74, 6) is 0.311. The van der Waals surface area contributed by atoms with E-state index in [0.29, 0.717) is 5.75 Å². The number of ether oxygens (including phenoxy) is 1. The summed E-state index contributed by atoms with van der Waals surface area (Å²) in [7, 11) is 1.39. The summed E-state index contributed by atoms with van der Waals surface area (Å²) in [6.07, 6.45) is -4.31. The molecule has 0 fully saturated rings. The molecular weight excluding hydrogens is 181 g/mol. The van der Waals surface area contributed by atoms with Crippen molar-refractivity contribution in [3.8, 4) is 5.75 Å². The Balaban J connectivity index is 3.13. The molecule has 1 aromatic rings.